The quantitative estimate of drug-likeness (QED) is 0.639. The van der Waals surface area contributed by atoms with E-state index in [0.29, 0.717) is 17.4 Å². The van der Waals surface area contributed by atoms with Crippen LogP contribution >= 0.6 is 39.1 Å². The number of benzene rings is 2. The molecular formula is C13H8BrCl2FO. The third kappa shape index (κ3) is 3.16. The monoisotopic (exact) mass is 348 g/mol. The van der Waals surface area contributed by atoms with Gasteiger partial charge in [0.15, 0.2) is 0 Å². The van der Waals surface area contributed by atoms with E-state index < -0.39 is 5.82 Å². The van der Waals surface area contributed by atoms with Gasteiger partial charge in [0.2, 0.25) is 0 Å². The molecule has 0 heterocycles. The lowest BCUT2D eigenvalue weighted by Gasteiger charge is -2.09. The lowest BCUT2D eigenvalue weighted by atomic mass is 10.2. The SMILES string of the molecule is Fc1cc(Oc2ccc(CCl)cc2Br)ccc1Cl. The first-order valence-electron chi connectivity index (χ1n) is 5.07. The maximum atomic E-state index is 13.3. The Morgan fingerprint density at radius 2 is 1.94 bits per heavy atom. The predicted octanol–water partition coefficient (Wildman–Crippen LogP) is 5.77. The molecule has 0 unspecified atom stereocenters. The topological polar surface area (TPSA) is 9.23 Å². The number of hydrogen-bond acceptors (Lipinski definition) is 1. The lowest BCUT2D eigenvalue weighted by Crippen LogP contribution is -1.88. The van der Waals surface area contributed by atoms with E-state index in [9.17, 15) is 4.39 Å². The van der Waals surface area contributed by atoms with Gasteiger partial charge < -0.3 is 4.74 Å². The molecule has 0 aromatic heterocycles. The Bertz CT molecular complexity index is 575. The van der Waals surface area contributed by atoms with Crippen LogP contribution in [0.3, 0.4) is 0 Å². The van der Waals surface area contributed by atoms with Crippen molar-refractivity contribution in [1.29, 1.82) is 0 Å². The van der Waals surface area contributed by atoms with Crippen LogP contribution in [0.5, 0.6) is 11.5 Å². The van der Waals surface area contributed by atoms with Crippen LogP contribution in [-0.2, 0) is 5.88 Å². The summed E-state index contributed by atoms with van der Waals surface area (Å²) < 4.78 is 19.6. The van der Waals surface area contributed by atoms with E-state index >= 15 is 0 Å². The highest BCUT2D eigenvalue weighted by atomic mass is 79.9. The molecule has 0 bridgehead atoms. The average molecular weight is 350 g/mol. The first kappa shape index (κ1) is 13.7. The summed E-state index contributed by atoms with van der Waals surface area (Å²) in [5, 5.41) is 0.0684. The van der Waals surface area contributed by atoms with Gasteiger partial charge >= 0.3 is 0 Å². The predicted molar refractivity (Wildman–Crippen MR) is 75.2 cm³/mol. The van der Waals surface area contributed by atoms with E-state index in [-0.39, 0.29) is 5.02 Å². The second kappa shape index (κ2) is 5.91. The molecule has 2 aromatic rings. The third-order valence-corrected chi connectivity index (χ3v) is 3.50. The molecule has 2 aromatic carbocycles. The van der Waals surface area contributed by atoms with Gasteiger partial charge in [-0.1, -0.05) is 17.7 Å². The van der Waals surface area contributed by atoms with E-state index in [4.69, 9.17) is 27.9 Å². The molecule has 5 heteroatoms. The highest BCUT2D eigenvalue weighted by Crippen LogP contribution is 2.32. The van der Waals surface area contributed by atoms with E-state index in [1.165, 1.54) is 12.1 Å². The second-order valence-corrected chi connectivity index (χ2v) is 5.11. The van der Waals surface area contributed by atoms with Crippen molar-refractivity contribution in [1.82, 2.24) is 0 Å². The average Bonchev–Trinajstić information content (AvgIpc) is 2.36. The van der Waals surface area contributed by atoms with Gasteiger partial charge in [-0.3, -0.25) is 0 Å². The largest absolute Gasteiger partial charge is 0.456 e. The number of halogens is 4. The summed E-state index contributed by atoms with van der Waals surface area (Å²) in [5.41, 5.74) is 0.971. The zero-order chi connectivity index (χ0) is 13.1. The van der Waals surface area contributed by atoms with Crippen molar-refractivity contribution in [3.8, 4) is 11.5 Å². The summed E-state index contributed by atoms with van der Waals surface area (Å²) in [6, 6.07) is 9.77. The maximum absolute atomic E-state index is 13.3. The first-order chi connectivity index (χ1) is 8.60. The standard InChI is InChI=1S/C13H8BrCl2FO/c14-10-5-8(7-15)1-4-13(10)18-9-2-3-11(16)12(17)6-9/h1-6H,7H2. The number of rotatable bonds is 3. The van der Waals surface area contributed by atoms with Gasteiger partial charge in [-0.05, 0) is 45.8 Å². The third-order valence-electron chi connectivity index (χ3n) is 2.27. The summed E-state index contributed by atoms with van der Waals surface area (Å²) in [6.45, 7) is 0. The van der Waals surface area contributed by atoms with E-state index in [1.54, 1.807) is 12.1 Å². The van der Waals surface area contributed by atoms with Gasteiger partial charge in [0.1, 0.15) is 17.3 Å². The molecular weight excluding hydrogens is 342 g/mol. The second-order valence-electron chi connectivity index (χ2n) is 3.58. The van der Waals surface area contributed by atoms with Gasteiger partial charge in [-0.2, -0.15) is 0 Å². The maximum Gasteiger partial charge on any atom is 0.145 e. The number of alkyl halides is 1. The Labute approximate surface area is 123 Å². The number of hydrogen-bond donors (Lipinski definition) is 0. The Morgan fingerprint density at radius 3 is 2.56 bits per heavy atom. The molecule has 2 rings (SSSR count). The van der Waals surface area contributed by atoms with Crippen LogP contribution in [-0.4, -0.2) is 0 Å². The summed E-state index contributed by atoms with van der Waals surface area (Å²) in [4.78, 5) is 0. The Morgan fingerprint density at radius 1 is 1.17 bits per heavy atom. The van der Waals surface area contributed by atoms with Crippen molar-refractivity contribution in [2.24, 2.45) is 0 Å². The Kier molecular flexibility index (Phi) is 4.49. The minimum atomic E-state index is -0.511. The minimum absolute atomic E-state index is 0.0684. The van der Waals surface area contributed by atoms with Crippen LogP contribution in [0.25, 0.3) is 0 Å². The fraction of sp³-hybridized carbons (Fsp3) is 0.0769. The van der Waals surface area contributed by atoms with Gasteiger partial charge in [0, 0.05) is 11.9 Å². The molecule has 0 aliphatic heterocycles. The molecule has 0 amide bonds. The van der Waals surface area contributed by atoms with Crippen LogP contribution in [0, 0.1) is 5.82 Å². The summed E-state index contributed by atoms with van der Waals surface area (Å²) in [5.74, 6) is 0.888. The molecule has 0 saturated heterocycles. The molecule has 1 nitrogen and oxygen atoms in total. The minimum Gasteiger partial charge on any atom is -0.456 e. The molecule has 0 saturated carbocycles. The van der Waals surface area contributed by atoms with Crippen LogP contribution < -0.4 is 4.74 Å². The molecule has 0 atom stereocenters. The van der Waals surface area contributed by atoms with Crippen molar-refractivity contribution in [3.63, 3.8) is 0 Å². The molecule has 94 valence electrons. The lowest BCUT2D eigenvalue weighted by molar-refractivity contribution is 0.474. The van der Waals surface area contributed by atoms with Crippen molar-refractivity contribution >= 4 is 39.1 Å². The van der Waals surface area contributed by atoms with Crippen molar-refractivity contribution in [2.45, 2.75) is 5.88 Å². The van der Waals surface area contributed by atoms with Crippen molar-refractivity contribution < 1.29 is 9.13 Å². The van der Waals surface area contributed by atoms with E-state index in [0.717, 1.165) is 10.0 Å². The molecule has 0 aliphatic rings. The van der Waals surface area contributed by atoms with Crippen LogP contribution in [0.2, 0.25) is 5.02 Å². The Hall–Kier alpha value is -0.770. The zero-order valence-corrected chi connectivity index (χ0v) is 12.2. The van der Waals surface area contributed by atoms with E-state index in [1.807, 2.05) is 12.1 Å². The number of ether oxygens (including phenoxy) is 1. The summed E-state index contributed by atoms with van der Waals surface area (Å²) in [6.07, 6.45) is 0. The first-order valence-corrected chi connectivity index (χ1v) is 6.78. The normalized spacial score (nSPS) is 10.4. The Balaban J connectivity index is 2.25. The van der Waals surface area contributed by atoms with Crippen LogP contribution in [0.4, 0.5) is 4.39 Å². The summed E-state index contributed by atoms with van der Waals surface area (Å²) in [7, 11) is 0. The molecule has 0 fully saturated rings. The highest BCUT2D eigenvalue weighted by Gasteiger charge is 2.06. The van der Waals surface area contributed by atoms with Gasteiger partial charge in [0.25, 0.3) is 0 Å². The zero-order valence-electron chi connectivity index (χ0n) is 9.09. The fourth-order valence-corrected chi connectivity index (χ4v) is 2.17. The summed E-state index contributed by atoms with van der Waals surface area (Å²) >= 11 is 14.7. The van der Waals surface area contributed by atoms with Crippen LogP contribution in [0.1, 0.15) is 5.56 Å². The molecule has 0 spiro atoms. The van der Waals surface area contributed by atoms with Gasteiger partial charge in [-0.15, -0.1) is 11.6 Å². The molecule has 0 N–H and O–H groups in total. The van der Waals surface area contributed by atoms with Crippen molar-refractivity contribution in [2.75, 3.05) is 0 Å². The van der Waals surface area contributed by atoms with Crippen molar-refractivity contribution in [3.05, 3.63) is 57.3 Å². The molecule has 18 heavy (non-hydrogen) atoms. The smallest absolute Gasteiger partial charge is 0.145 e. The van der Waals surface area contributed by atoms with E-state index in [2.05, 4.69) is 15.9 Å². The van der Waals surface area contributed by atoms with Gasteiger partial charge in [0.05, 0.1) is 9.50 Å². The van der Waals surface area contributed by atoms with Crippen LogP contribution in [0.15, 0.2) is 40.9 Å². The van der Waals surface area contributed by atoms with Gasteiger partial charge in [-0.25, -0.2) is 4.39 Å². The molecule has 0 aliphatic carbocycles. The molecule has 0 radical (unpaired) electrons. The fourth-order valence-electron chi connectivity index (χ4n) is 1.38. The highest BCUT2D eigenvalue weighted by molar-refractivity contribution is 9.10.